The van der Waals surface area contributed by atoms with Crippen LogP contribution in [0.3, 0.4) is 0 Å². The van der Waals surface area contributed by atoms with Crippen LogP contribution in [-0.2, 0) is 10.0 Å². The third-order valence-corrected chi connectivity index (χ3v) is 5.34. The number of aromatic nitrogens is 2. The first-order valence-corrected chi connectivity index (χ1v) is 8.08. The quantitative estimate of drug-likeness (QED) is 0.851. The van der Waals surface area contributed by atoms with Gasteiger partial charge in [0.05, 0.1) is 11.4 Å². The van der Waals surface area contributed by atoms with Gasteiger partial charge in [0.1, 0.15) is 11.9 Å². The van der Waals surface area contributed by atoms with E-state index in [1.807, 2.05) is 0 Å². The number of halogens is 3. The summed E-state index contributed by atoms with van der Waals surface area (Å²) >= 11 is 0. The van der Waals surface area contributed by atoms with Gasteiger partial charge in [-0.2, -0.15) is 4.31 Å². The number of hydrogen-bond acceptors (Lipinski definition) is 5. The zero-order valence-corrected chi connectivity index (χ0v) is 12.7. The molecule has 0 amide bonds. The van der Waals surface area contributed by atoms with Crippen molar-refractivity contribution in [1.29, 1.82) is 0 Å². The third-order valence-electron chi connectivity index (χ3n) is 3.47. The van der Waals surface area contributed by atoms with E-state index < -0.39 is 40.8 Å². The topological polar surface area (TPSA) is 76.3 Å². The fourth-order valence-electron chi connectivity index (χ4n) is 2.44. The highest BCUT2D eigenvalue weighted by Crippen LogP contribution is 2.43. The van der Waals surface area contributed by atoms with E-state index in [4.69, 9.17) is 4.42 Å². The Morgan fingerprint density at radius 2 is 1.91 bits per heavy atom. The number of benzene rings is 1. The predicted octanol–water partition coefficient (Wildman–Crippen LogP) is 2.29. The monoisotopic (exact) mass is 347 g/mol. The molecule has 1 aromatic carbocycles. The van der Waals surface area contributed by atoms with Crippen molar-refractivity contribution in [2.24, 2.45) is 0 Å². The molecule has 2 aromatic rings. The first kappa shape index (κ1) is 15.9. The van der Waals surface area contributed by atoms with E-state index >= 15 is 0 Å². The summed E-state index contributed by atoms with van der Waals surface area (Å²) in [5, 5.41) is 7.20. The van der Waals surface area contributed by atoms with Crippen LogP contribution in [0.5, 0.6) is 0 Å². The molecule has 0 N–H and O–H groups in total. The summed E-state index contributed by atoms with van der Waals surface area (Å²) in [6.07, 6.45) is -0.755. The molecule has 0 unspecified atom stereocenters. The van der Waals surface area contributed by atoms with Crippen LogP contribution >= 0.6 is 0 Å². The first-order valence-electron chi connectivity index (χ1n) is 6.64. The molecule has 0 spiro atoms. The highest BCUT2D eigenvalue weighted by molar-refractivity contribution is 7.89. The van der Waals surface area contributed by atoms with E-state index in [9.17, 15) is 21.6 Å². The Balaban J connectivity index is 2.02. The van der Waals surface area contributed by atoms with Crippen LogP contribution < -0.4 is 0 Å². The second kappa shape index (κ2) is 5.31. The Bertz CT molecular complexity index is 820. The molecule has 1 fully saturated rings. The SMILES string of the molecule is Cc1nnc([C@@H]2CC(F)(F)CN2S(=O)(=O)c2ccc(F)cc2)o1. The number of aryl methyl sites for hydroxylation is 1. The van der Waals surface area contributed by atoms with Crippen molar-refractivity contribution in [3.8, 4) is 0 Å². The lowest BCUT2D eigenvalue weighted by atomic mass is 10.2. The number of nitrogens with zero attached hydrogens (tertiary/aromatic N) is 3. The second-order valence-electron chi connectivity index (χ2n) is 5.24. The van der Waals surface area contributed by atoms with E-state index in [0.717, 1.165) is 24.3 Å². The van der Waals surface area contributed by atoms with Gasteiger partial charge in [-0.15, -0.1) is 10.2 Å². The van der Waals surface area contributed by atoms with E-state index in [-0.39, 0.29) is 16.7 Å². The van der Waals surface area contributed by atoms with Crippen molar-refractivity contribution in [2.75, 3.05) is 6.54 Å². The van der Waals surface area contributed by atoms with Gasteiger partial charge in [0.25, 0.3) is 5.92 Å². The summed E-state index contributed by atoms with van der Waals surface area (Å²) in [6, 6.07) is 2.69. The zero-order valence-electron chi connectivity index (χ0n) is 11.9. The van der Waals surface area contributed by atoms with E-state index in [1.165, 1.54) is 6.92 Å². The highest BCUT2D eigenvalue weighted by Gasteiger charge is 2.52. The maximum atomic E-state index is 13.8. The normalized spacial score (nSPS) is 21.7. The summed E-state index contributed by atoms with van der Waals surface area (Å²) in [6.45, 7) is 0.473. The molecule has 2 heterocycles. The van der Waals surface area contributed by atoms with Crippen LogP contribution in [0.4, 0.5) is 13.2 Å². The summed E-state index contributed by atoms with van der Waals surface area (Å²) in [7, 11) is -4.26. The average molecular weight is 347 g/mol. The molecule has 124 valence electrons. The molecule has 0 aliphatic carbocycles. The lowest BCUT2D eigenvalue weighted by Crippen LogP contribution is -2.33. The Morgan fingerprint density at radius 1 is 1.26 bits per heavy atom. The van der Waals surface area contributed by atoms with E-state index in [2.05, 4.69) is 10.2 Å². The number of alkyl halides is 2. The summed E-state index contributed by atoms with van der Waals surface area (Å²) in [4.78, 5) is -0.280. The minimum absolute atomic E-state index is 0.148. The fourth-order valence-corrected chi connectivity index (χ4v) is 4.05. The van der Waals surface area contributed by atoms with Crippen LogP contribution in [-0.4, -0.2) is 35.4 Å². The molecule has 1 saturated heterocycles. The molecule has 3 rings (SSSR count). The van der Waals surface area contributed by atoms with Crippen molar-refractivity contribution in [3.05, 3.63) is 41.9 Å². The van der Waals surface area contributed by atoms with Gasteiger partial charge in [-0.1, -0.05) is 0 Å². The van der Waals surface area contributed by atoms with Crippen LogP contribution in [0.25, 0.3) is 0 Å². The van der Waals surface area contributed by atoms with Gasteiger partial charge >= 0.3 is 0 Å². The van der Waals surface area contributed by atoms with E-state index in [1.54, 1.807) is 0 Å². The van der Waals surface area contributed by atoms with E-state index in [0.29, 0.717) is 4.31 Å². The molecule has 0 radical (unpaired) electrons. The highest BCUT2D eigenvalue weighted by atomic mass is 32.2. The third kappa shape index (κ3) is 2.95. The smallest absolute Gasteiger partial charge is 0.263 e. The maximum absolute atomic E-state index is 13.8. The van der Waals surface area contributed by atoms with Crippen molar-refractivity contribution in [2.45, 2.75) is 30.2 Å². The molecular formula is C13H12F3N3O3S. The van der Waals surface area contributed by atoms with Crippen molar-refractivity contribution < 1.29 is 26.0 Å². The van der Waals surface area contributed by atoms with Gasteiger partial charge in [-0.05, 0) is 24.3 Å². The molecule has 10 heteroatoms. The van der Waals surface area contributed by atoms with Crippen LogP contribution in [0.15, 0.2) is 33.6 Å². The van der Waals surface area contributed by atoms with Gasteiger partial charge in [0.2, 0.25) is 21.8 Å². The Labute approximate surface area is 130 Å². The lowest BCUT2D eigenvalue weighted by molar-refractivity contribution is 0.0166. The number of hydrogen-bond donors (Lipinski definition) is 0. The molecule has 23 heavy (non-hydrogen) atoms. The summed E-state index contributed by atoms with van der Waals surface area (Å²) < 4.78 is 71.5. The molecule has 1 aromatic heterocycles. The average Bonchev–Trinajstić information content (AvgIpc) is 3.03. The molecule has 1 aliphatic heterocycles. The Hall–Kier alpha value is -1.94. The Morgan fingerprint density at radius 3 is 2.48 bits per heavy atom. The first-order chi connectivity index (χ1) is 10.7. The van der Waals surface area contributed by atoms with Crippen molar-refractivity contribution >= 4 is 10.0 Å². The van der Waals surface area contributed by atoms with Gasteiger partial charge in [0, 0.05) is 13.3 Å². The minimum Gasteiger partial charge on any atom is -0.424 e. The van der Waals surface area contributed by atoms with Gasteiger partial charge in [0.15, 0.2) is 0 Å². The lowest BCUT2D eigenvalue weighted by Gasteiger charge is -2.20. The van der Waals surface area contributed by atoms with Crippen molar-refractivity contribution in [1.82, 2.24) is 14.5 Å². The standard InChI is InChI=1S/C13H12F3N3O3S/c1-8-17-18-12(22-8)11-6-13(15,16)7-19(11)23(20,21)10-4-2-9(14)3-5-10/h2-5,11H,6-7H2,1H3/t11-/m0/s1. The van der Waals surface area contributed by atoms with Gasteiger partial charge < -0.3 is 4.42 Å². The molecule has 1 atom stereocenters. The predicted molar refractivity (Wildman–Crippen MR) is 71.6 cm³/mol. The van der Waals surface area contributed by atoms with Crippen LogP contribution in [0.1, 0.15) is 24.2 Å². The number of sulfonamides is 1. The zero-order chi connectivity index (χ0) is 16.8. The Kier molecular flexibility index (Phi) is 3.68. The largest absolute Gasteiger partial charge is 0.424 e. The molecule has 1 aliphatic rings. The number of rotatable bonds is 3. The molecular weight excluding hydrogens is 335 g/mol. The minimum atomic E-state index is -4.26. The maximum Gasteiger partial charge on any atom is 0.263 e. The second-order valence-corrected chi connectivity index (χ2v) is 7.13. The summed E-state index contributed by atoms with van der Waals surface area (Å²) in [5.74, 6) is -3.89. The van der Waals surface area contributed by atoms with Crippen LogP contribution in [0, 0.1) is 12.7 Å². The fraction of sp³-hybridized carbons (Fsp3) is 0.385. The molecule has 0 bridgehead atoms. The summed E-state index contributed by atoms with van der Waals surface area (Å²) in [5.41, 5.74) is 0. The van der Waals surface area contributed by atoms with Gasteiger partial charge in [-0.3, -0.25) is 0 Å². The molecule has 0 saturated carbocycles. The van der Waals surface area contributed by atoms with Crippen molar-refractivity contribution in [3.63, 3.8) is 0 Å². The van der Waals surface area contributed by atoms with Crippen LogP contribution in [0.2, 0.25) is 0 Å². The van der Waals surface area contributed by atoms with Gasteiger partial charge in [-0.25, -0.2) is 21.6 Å². The molecule has 6 nitrogen and oxygen atoms in total.